The number of esters is 1. The molecule has 8 N–H and O–H groups in total. The number of aryl methyl sites for hydroxylation is 1. The predicted octanol–water partition coefficient (Wildman–Crippen LogP) is 0.630. The highest BCUT2D eigenvalue weighted by molar-refractivity contribution is 6.30. The molecule has 4 aromatic rings. The van der Waals surface area contributed by atoms with Crippen molar-refractivity contribution in [2.75, 3.05) is 25.5 Å². The molecule has 3 heterocycles. The molecule has 0 aliphatic rings. The average Bonchev–Trinajstić information content (AvgIpc) is 3.65. The lowest BCUT2D eigenvalue weighted by atomic mass is 10.0. The first-order valence-corrected chi connectivity index (χ1v) is 14.4. The number of nitrogen functional groups attached to an aromatic ring is 1. The van der Waals surface area contributed by atoms with Gasteiger partial charge in [-0.3, -0.25) is 5.32 Å². The highest BCUT2D eigenvalue weighted by Crippen LogP contribution is 2.37. The number of carbonyl (C=O) groups excluding carboxylic acids is 1. The summed E-state index contributed by atoms with van der Waals surface area (Å²) in [4.78, 5) is 20.7. The Morgan fingerprint density at radius 3 is 2.51 bits per heavy atom. The fourth-order valence-corrected chi connectivity index (χ4v) is 4.73. The van der Waals surface area contributed by atoms with Gasteiger partial charge in [-0.1, -0.05) is 23.7 Å². The van der Waals surface area contributed by atoms with Gasteiger partial charge in [0.05, 0.1) is 25.1 Å². The second-order valence-corrected chi connectivity index (χ2v) is 10.5. The fraction of sp³-hybridized carbons (Fsp3) is 0.444. The van der Waals surface area contributed by atoms with Gasteiger partial charge >= 0.3 is 12.1 Å². The number of imidazole rings is 1. The number of aromatic nitrogens is 5. The van der Waals surface area contributed by atoms with Crippen LogP contribution in [0.25, 0.3) is 33.8 Å². The number of hydrogen-bond donors (Lipinski definition) is 7. The number of aliphatic hydroxyl groups is 5. The molecule has 47 heavy (non-hydrogen) atoms. The molecule has 0 bridgehead atoms. The molecule has 4 rings (SSSR count). The van der Waals surface area contributed by atoms with Gasteiger partial charge in [0, 0.05) is 23.7 Å². The Kier molecular flexibility index (Phi) is 11.6. The molecule has 1 unspecified atom stereocenters. The minimum atomic E-state index is -5.44. The topological polar surface area (TPSA) is 244 Å². The number of pyridine rings is 1. The molecule has 256 valence electrons. The Hall–Kier alpha value is -4.11. The van der Waals surface area contributed by atoms with Gasteiger partial charge in [-0.05, 0) is 35.8 Å². The van der Waals surface area contributed by atoms with Crippen molar-refractivity contribution in [3.8, 4) is 28.5 Å². The van der Waals surface area contributed by atoms with E-state index in [9.17, 15) is 38.4 Å². The Balaban J connectivity index is 1.56. The summed E-state index contributed by atoms with van der Waals surface area (Å²) in [7, 11) is 0. The van der Waals surface area contributed by atoms with Crippen molar-refractivity contribution in [3.05, 3.63) is 35.5 Å². The van der Waals surface area contributed by atoms with Crippen molar-refractivity contribution in [2.24, 2.45) is 0 Å². The van der Waals surface area contributed by atoms with Crippen LogP contribution in [0.5, 0.6) is 5.75 Å². The largest absolute Gasteiger partial charge is 0.490 e. The molecule has 5 atom stereocenters. The van der Waals surface area contributed by atoms with E-state index in [1.165, 1.54) is 6.20 Å². The van der Waals surface area contributed by atoms with E-state index in [4.69, 9.17) is 36.8 Å². The van der Waals surface area contributed by atoms with E-state index >= 15 is 0 Å². The summed E-state index contributed by atoms with van der Waals surface area (Å²) in [5.41, 5.74) is 8.08. The molecule has 0 aliphatic carbocycles. The molecule has 0 radical (unpaired) electrons. The Labute approximate surface area is 268 Å². The lowest BCUT2D eigenvalue weighted by Gasteiger charge is -2.31. The number of nitrogens with zero attached hydrogens (tertiary/aromatic N) is 5. The number of hydrogen-bond acceptors (Lipinski definition) is 15. The predicted molar refractivity (Wildman–Crippen MR) is 157 cm³/mol. The summed E-state index contributed by atoms with van der Waals surface area (Å²) < 4.78 is 55.4. The highest BCUT2D eigenvalue weighted by Gasteiger charge is 2.45. The van der Waals surface area contributed by atoms with Crippen molar-refractivity contribution in [2.45, 2.75) is 56.7 Å². The second-order valence-electron chi connectivity index (χ2n) is 10.1. The summed E-state index contributed by atoms with van der Waals surface area (Å²) in [6.07, 6.45) is -15.0. The van der Waals surface area contributed by atoms with Crippen LogP contribution in [0.2, 0.25) is 5.02 Å². The molecular formula is C27H31ClF3N7O9. The zero-order chi connectivity index (χ0) is 34.5. The maximum absolute atomic E-state index is 12.9. The van der Waals surface area contributed by atoms with E-state index in [1.807, 2.05) is 6.92 Å². The third-order valence-corrected chi connectivity index (χ3v) is 7.09. The first-order valence-electron chi connectivity index (χ1n) is 14.0. The maximum atomic E-state index is 12.9. The highest BCUT2D eigenvalue weighted by atomic mass is 35.5. The van der Waals surface area contributed by atoms with E-state index in [0.29, 0.717) is 39.7 Å². The van der Waals surface area contributed by atoms with Gasteiger partial charge in [0.15, 0.2) is 29.3 Å². The van der Waals surface area contributed by atoms with Gasteiger partial charge in [0.2, 0.25) is 0 Å². The average molecular weight is 690 g/mol. The van der Waals surface area contributed by atoms with E-state index in [2.05, 4.69) is 25.4 Å². The normalized spacial score (nSPS) is 15.3. The summed E-state index contributed by atoms with van der Waals surface area (Å²) >= 11 is 6.21. The molecular weight excluding hydrogens is 659 g/mol. The van der Waals surface area contributed by atoms with E-state index in [1.54, 1.807) is 28.8 Å². The molecule has 1 aromatic carbocycles. The molecule has 16 nitrogen and oxygen atoms in total. The van der Waals surface area contributed by atoms with Gasteiger partial charge in [-0.15, -0.1) is 0 Å². The molecule has 0 aliphatic heterocycles. The van der Waals surface area contributed by atoms with Crippen LogP contribution in [-0.4, -0.2) is 113 Å². The van der Waals surface area contributed by atoms with E-state index in [-0.39, 0.29) is 36.8 Å². The molecule has 0 saturated carbocycles. The van der Waals surface area contributed by atoms with Crippen molar-refractivity contribution in [1.82, 2.24) is 30.2 Å². The smallest absolute Gasteiger partial charge is 0.490 e. The van der Waals surface area contributed by atoms with Gasteiger partial charge in [-0.2, -0.15) is 13.2 Å². The zero-order valence-electron chi connectivity index (χ0n) is 24.5. The van der Waals surface area contributed by atoms with Crippen LogP contribution in [0, 0.1) is 0 Å². The molecule has 0 amide bonds. The van der Waals surface area contributed by atoms with Crippen molar-refractivity contribution >= 4 is 34.4 Å². The maximum Gasteiger partial charge on any atom is 0.490 e. The number of anilines is 1. The molecule has 3 aromatic heterocycles. The number of aliphatic hydroxyl groups excluding tert-OH is 5. The Bertz CT molecular complexity index is 1670. The van der Waals surface area contributed by atoms with Crippen LogP contribution in [-0.2, 0) is 16.1 Å². The first kappa shape index (κ1) is 35.7. The van der Waals surface area contributed by atoms with Crippen molar-refractivity contribution in [3.63, 3.8) is 0 Å². The standard InChI is InChI=1S/C27H31ClF3N7O9/c1-2-38-19-15(10-34-16(12-5-3-6-13(28)9-12)17(19)35-24(38)18-23(32)37-47-36-18)45-8-4-7-33-25(46-26(44)27(29,30)31)22(43)21(42)20(41)14(40)11-39/h3,5-6,9-10,14,20-22,25,33,39-43H,2,4,7-8,11H2,1H3,(H2,32,37)/t14-,20-,21+,22-,25?/m1/s1. The zero-order valence-corrected chi connectivity index (χ0v) is 25.3. The van der Waals surface area contributed by atoms with Crippen molar-refractivity contribution < 1.29 is 57.6 Å². The van der Waals surface area contributed by atoms with E-state index < -0.39 is 49.4 Å². The summed E-state index contributed by atoms with van der Waals surface area (Å²) in [6, 6.07) is 6.92. The molecule has 20 heteroatoms. The number of rotatable bonds is 15. The second kappa shape index (κ2) is 15.2. The van der Waals surface area contributed by atoms with E-state index in [0.717, 1.165) is 0 Å². The number of alkyl halides is 3. The number of nitrogens with one attached hydrogen (secondary N) is 1. The monoisotopic (exact) mass is 689 g/mol. The first-order chi connectivity index (χ1) is 22.3. The van der Waals surface area contributed by atoms with Crippen LogP contribution >= 0.6 is 11.6 Å². The SMILES string of the molecule is CCn1c(-c2nonc2N)nc2c(-c3cccc(Cl)c3)ncc(OCCCNC(OC(=O)C(F)(F)F)[C@H](O)[C@@H](O)[C@H](O)[C@H](O)CO)c21. The molecule has 0 spiro atoms. The number of carbonyl (C=O) groups is 1. The van der Waals surface area contributed by atoms with Crippen LogP contribution in [0.4, 0.5) is 19.0 Å². The Morgan fingerprint density at radius 2 is 1.89 bits per heavy atom. The van der Waals surface area contributed by atoms with Gasteiger partial charge in [0.1, 0.15) is 35.4 Å². The molecule has 0 saturated heterocycles. The van der Waals surface area contributed by atoms with Gasteiger partial charge < -0.3 is 45.3 Å². The third-order valence-electron chi connectivity index (χ3n) is 6.86. The minimum Gasteiger partial charge on any atom is -0.490 e. The van der Waals surface area contributed by atoms with Crippen LogP contribution in [0.3, 0.4) is 0 Å². The fourth-order valence-electron chi connectivity index (χ4n) is 4.53. The van der Waals surface area contributed by atoms with Crippen LogP contribution in [0.15, 0.2) is 35.1 Å². The number of ether oxygens (including phenoxy) is 2. The third kappa shape index (κ3) is 8.07. The lowest BCUT2D eigenvalue weighted by molar-refractivity contribution is -0.218. The van der Waals surface area contributed by atoms with Gasteiger partial charge in [0.25, 0.3) is 0 Å². The van der Waals surface area contributed by atoms with Crippen LogP contribution < -0.4 is 15.8 Å². The summed E-state index contributed by atoms with van der Waals surface area (Å²) in [6.45, 7) is 0.822. The summed E-state index contributed by atoms with van der Waals surface area (Å²) in [5.74, 6) is -2.14. The quantitative estimate of drug-likeness (QED) is 0.0514. The summed E-state index contributed by atoms with van der Waals surface area (Å²) in [5, 5.41) is 59.2. The number of halogens is 4. The van der Waals surface area contributed by atoms with Crippen molar-refractivity contribution in [1.29, 1.82) is 0 Å². The van der Waals surface area contributed by atoms with Crippen LogP contribution in [0.1, 0.15) is 13.3 Å². The molecule has 0 fully saturated rings. The van der Waals surface area contributed by atoms with Gasteiger partial charge in [-0.25, -0.2) is 19.4 Å². The number of benzene rings is 1. The number of nitrogens with two attached hydrogens (primary N) is 1. The lowest BCUT2D eigenvalue weighted by Crippen LogP contribution is -2.56. The number of fused-ring (bicyclic) bond motifs is 1. The minimum absolute atomic E-state index is 0.00714. The Morgan fingerprint density at radius 1 is 1.15 bits per heavy atom.